The second-order valence-corrected chi connectivity index (χ2v) is 4.20. The normalized spacial score (nSPS) is 17.5. The predicted molar refractivity (Wildman–Crippen MR) is 59.2 cm³/mol. The van der Waals surface area contributed by atoms with Gasteiger partial charge in [-0.25, -0.2) is 4.39 Å². The van der Waals surface area contributed by atoms with Crippen molar-refractivity contribution in [2.24, 2.45) is 0 Å². The molecule has 1 aliphatic carbocycles. The molecule has 1 aromatic rings. The van der Waals surface area contributed by atoms with Crippen LogP contribution in [0, 0.1) is 5.82 Å². The zero-order valence-corrected chi connectivity index (χ0v) is 9.33. The van der Waals surface area contributed by atoms with Gasteiger partial charge in [-0.15, -0.1) is 0 Å². The molecule has 2 nitrogen and oxygen atoms in total. The van der Waals surface area contributed by atoms with E-state index in [9.17, 15) is 9.18 Å². The van der Waals surface area contributed by atoms with Crippen molar-refractivity contribution in [3.8, 4) is 5.75 Å². The number of Topliss-reactive ketones (excluding diaryl/α,β-unsaturated/α-hetero) is 1. The van der Waals surface area contributed by atoms with Gasteiger partial charge in [0.1, 0.15) is 17.3 Å². The largest absolute Gasteiger partial charge is 0.496 e. The lowest BCUT2D eigenvalue weighted by Gasteiger charge is -2.23. The molecule has 1 saturated carbocycles. The van der Waals surface area contributed by atoms with Crippen LogP contribution in [-0.4, -0.2) is 12.9 Å². The Labute approximate surface area is 94.4 Å². The van der Waals surface area contributed by atoms with Crippen LogP contribution >= 0.6 is 0 Å². The number of carbonyl (C=O) groups is 1. The van der Waals surface area contributed by atoms with Gasteiger partial charge in [0, 0.05) is 18.4 Å². The molecule has 0 atom stereocenters. The highest BCUT2D eigenvalue weighted by Gasteiger charge is 2.23. The van der Waals surface area contributed by atoms with Crippen LogP contribution < -0.4 is 4.74 Å². The van der Waals surface area contributed by atoms with Gasteiger partial charge in [0.25, 0.3) is 0 Å². The first-order valence-corrected chi connectivity index (χ1v) is 5.56. The number of hydrogen-bond acceptors (Lipinski definition) is 2. The highest BCUT2D eigenvalue weighted by molar-refractivity contribution is 5.79. The molecular weight excluding hydrogens is 207 g/mol. The molecule has 3 heteroatoms. The van der Waals surface area contributed by atoms with Crippen molar-refractivity contribution < 1.29 is 13.9 Å². The molecule has 1 fully saturated rings. The SMILES string of the molecule is COc1ccc(F)cc1C1CCC(=O)CC1. The predicted octanol–water partition coefficient (Wildman–Crippen LogP) is 3.06. The molecule has 0 aromatic heterocycles. The Morgan fingerprint density at radius 2 is 2.00 bits per heavy atom. The summed E-state index contributed by atoms with van der Waals surface area (Å²) in [5, 5.41) is 0. The Morgan fingerprint density at radius 3 is 2.62 bits per heavy atom. The summed E-state index contributed by atoms with van der Waals surface area (Å²) in [4.78, 5) is 11.2. The third kappa shape index (κ3) is 2.23. The summed E-state index contributed by atoms with van der Waals surface area (Å²) in [5.41, 5.74) is 0.898. The fourth-order valence-corrected chi connectivity index (χ4v) is 2.28. The third-order valence-corrected chi connectivity index (χ3v) is 3.17. The van der Waals surface area contributed by atoms with Gasteiger partial charge in [0.05, 0.1) is 7.11 Å². The Kier molecular flexibility index (Phi) is 3.22. The van der Waals surface area contributed by atoms with Crippen molar-refractivity contribution in [1.82, 2.24) is 0 Å². The smallest absolute Gasteiger partial charge is 0.132 e. The van der Waals surface area contributed by atoms with Crippen LogP contribution in [0.15, 0.2) is 18.2 Å². The topological polar surface area (TPSA) is 26.3 Å². The molecule has 0 bridgehead atoms. The van der Waals surface area contributed by atoms with Crippen molar-refractivity contribution >= 4 is 5.78 Å². The van der Waals surface area contributed by atoms with Crippen LogP contribution in [0.25, 0.3) is 0 Å². The van der Waals surface area contributed by atoms with E-state index in [-0.39, 0.29) is 11.7 Å². The number of rotatable bonds is 2. The molecule has 2 rings (SSSR count). The van der Waals surface area contributed by atoms with Crippen molar-refractivity contribution in [1.29, 1.82) is 0 Å². The third-order valence-electron chi connectivity index (χ3n) is 3.17. The summed E-state index contributed by atoms with van der Waals surface area (Å²) in [6, 6.07) is 4.58. The monoisotopic (exact) mass is 222 g/mol. The summed E-state index contributed by atoms with van der Waals surface area (Å²) in [5.74, 6) is 1.04. The van der Waals surface area contributed by atoms with Gasteiger partial charge in [-0.3, -0.25) is 4.79 Å². The molecule has 0 radical (unpaired) electrons. The maximum Gasteiger partial charge on any atom is 0.132 e. The first kappa shape index (κ1) is 11.1. The number of carbonyl (C=O) groups excluding carboxylic acids is 1. The van der Waals surface area contributed by atoms with Crippen molar-refractivity contribution in [2.45, 2.75) is 31.6 Å². The number of ether oxygens (including phenoxy) is 1. The standard InChI is InChI=1S/C13H15FO2/c1-16-13-7-4-10(14)8-12(13)9-2-5-11(15)6-3-9/h4,7-9H,2-3,5-6H2,1H3. The molecule has 86 valence electrons. The van der Waals surface area contributed by atoms with E-state index in [1.165, 1.54) is 12.1 Å². The molecule has 0 N–H and O–H groups in total. The van der Waals surface area contributed by atoms with Crippen LogP contribution in [0.3, 0.4) is 0 Å². The zero-order chi connectivity index (χ0) is 11.5. The maximum absolute atomic E-state index is 13.2. The Bertz CT molecular complexity index is 391. The average molecular weight is 222 g/mol. The van der Waals surface area contributed by atoms with Crippen molar-refractivity contribution in [3.63, 3.8) is 0 Å². The van der Waals surface area contributed by atoms with Gasteiger partial charge >= 0.3 is 0 Å². The summed E-state index contributed by atoms with van der Waals surface area (Å²) in [6.07, 6.45) is 2.81. The van der Waals surface area contributed by atoms with Crippen LogP contribution in [-0.2, 0) is 4.79 Å². The lowest BCUT2D eigenvalue weighted by molar-refractivity contribution is -0.120. The number of benzene rings is 1. The molecular formula is C13H15FO2. The Morgan fingerprint density at radius 1 is 1.31 bits per heavy atom. The average Bonchev–Trinajstić information content (AvgIpc) is 2.30. The summed E-state index contributed by atoms with van der Waals surface area (Å²) >= 11 is 0. The van der Waals surface area contributed by atoms with E-state index in [0.717, 1.165) is 24.2 Å². The van der Waals surface area contributed by atoms with E-state index in [1.54, 1.807) is 13.2 Å². The number of methoxy groups -OCH3 is 1. The molecule has 16 heavy (non-hydrogen) atoms. The lowest BCUT2D eigenvalue weighted by atomic mass is 9.83. The van der Waals surface area contributed by atoms with Gasteiger partial charge in [-0.1, -0.05) is 0 Å². The maximum atomic E-state index is 13.2. The Hall–Kier alpha value is -1.38. The van der Waals surface area contributed by atoms with E-state index in [4.69, 9.17) is 4.74 Å². The van der Waals surface area contributed by atoms with Crippen LogP contribution in [0.5, 0.6) is 5.75 Å². The number of ketones is 1. The Balaban J connectivity index is 2.24. The lowest BCUT2D eigenvalue weighted by Crippen LogP contribution is -2.13. The molecule has 0 saturated heterocycles. The summed E-state index contributed by atoms with van der Waals surface area (Å²) in [6.45, 7) is 0. The molecule has 0 amide bonds. The van der Waals surface area contributed by atoms with Crippen molar-refractivity contribution in [3.05, 3.63) is 29.6 Å². The second-order valence-electron chi connectivity index (χ2n) is 4.20. The minimum Gasteiger partial charge on any atom is -0.496 e. The molecule has 1 aliphatic rings. The fourth-order valence-electron chi connectivity index (χ4n) is 2.28. The number of hydrogen-bond donors (Lipinski definition) is 0. The summed E-state index contributed by atoms with van der Waals surface area (Å²) < 4.78 is 18.4. The van der Waals surface area contributed by atoms with Gasteiger partial charge in [0.2, 0.25) is 0 Å². The number of halogens is 1. The highest BCUT2D eigenvalue weighted by Crippen LogP contribution is 2.36. The second kappa shape index (κ2) is 4.64. The first-order chi connectivity index (χ1) is 7.70. The molecule has 0 aliphatic heterocycles. The minimum absolute atomic E-state index is 0.243. The van der Waals surface area contributed by atoms with E-state index in [0.29, 0.717) is 18.6 Å². The minimum atomic E-state index is -0.243. The molecule has 0 heterocycles. The van der Waals surface area contributed by atoms with Crippen LogP contribution in [0.1, 0.15) is 37.2 Å². The van der Waals surface area contributed by atoms with Gasteiger partial charge in [-0.2, -0.15) is 0 Å². The van der Waals surface area contributed by atoms with Crippen LogP contribution in [0.4, 0.5) is 4.39 Å². The zero-order valence-electron chi connectivity index (χ0n) is 9.33. The van der Waals surface area contributed by atoms with Gasteiger partial charge < -0.3 is 4.74 Å². The van der Waals surface area contributed by atoms with E-state index in [1.807, 2.05) is 0 Å². The van der Waals surface area contributed by atoms with Gasteiger partial charge in [-0.05, 0) is 37.0 Å². The molecule has 0 spiro atoms. The molecule has 0 unspecified atom stereocenters. The van der Waals surface area contributed by atoms with E-state index in [2.05, 4.69) is 0 Å². The van der Waals surface area contributed by atoms with Gasteiger partial charge in [0.15, 0.2) is 0 Å². The first-order valence-electron chi connectivity index (χ1n) is 5.56. The van der Waals surface area contributed by atoms with Crippen molar-refractivity contribution in [2.75, 3.05) is 7.11 Å². The summed E-state index contributed by atoms with van der Waals surface area (Å²) in [7, 11) is 1.59. The van der Waals surface area contributed by atoms with E-state index < -0.39 is 0 Å². The van der Waals surface area contributed by atoms with Crippen LogP contribution in [0.2, 0.25) is 0 Å². The highest BCUT2D eigenvalue weighted by atomic mass is 19.1. The molecule has 1 aromatic carbocycles. The quantitative estimate of drug-likeness (QED) is 0.768. The van der Waals surface area contributed by atoms with E-state index >= 15 is 0 Å². The fraction of sp³-hybridized carbons (Fsp3) is 0.462.